The summed E-state index contributed by atoms with van der Waals surface area (Å²) < 4.78 is 47.9. The molecule has 0 aliphatic carbocycles. The van der Waals surface area contributed by atoms with Crippen LogP contribution in [0.5, 0.6) is 11.6 Å². The predicted molar refractivity (Wildman–Crippen MR) is 113 cm³/mol. The molecule has 0 bridgehead atoms. The van der Waals surface area contributed by atoms with Gasteiger partial charge in [0.05, 0.1) is 11.6 Å². The Morgan fingerprint density at radius 3 is 2.42 bits per heavy atom. The SMILES string of the molecule is CCc1cc(F)cc(Oc2c(C(=O)N[C@@H](C)c3ccc(C(=O)O)cc3)c(C(F)F)nn2C)c1. The molecule has 2 N–H and O–H groups in total. The number of amides is 1. The van der Waals surface area contributed by atoms with E-state index in [0.29, 0.717) is 17.5 Å². The molecule has 1 aromatic heterocycles. The van der Waals surface area contributed by atoms with E-state index in [0.717, 1.165) is 10.7 Å². The van der Waals surface area contributed by atoms with Gasteiger partial charge in [-0.1, -0.05) is 19.1 Å². The smallest absolute Gasteiger partial charge is 0.335 e. The third-order valence-corrected chi connectivity index (χ3v) is 5.01. The number of nitrogens with zero attached hydrogens (tertiary/aromatic N) is 2. The average molecular weight is 461 g/mol. The molecule has 0 saturated carbocycles. The molecule has 0 unspecified atom stereocenters. The van der Waals surface area contributed by atoms with Crippen LogP contribution >= 0.6 is 0 Å². The Hall–Kier alpha value is -3.82. The van der Waals surface area contributed by atoms with E-state index in [1.54, 1.807) is 13.0 Å². The number of hydrogen-bond acceptors (Lipinski definition) is 4. The molecule has 1 atom stereocenters. The maximum atomic E-state index is 13.9. The first-order valence-corrected chi connectivity index (χ1v) is 10.1. The number of ether oxygens (including phenoxy) is 1. The summed E-state index contributed by atoms with van der Waals surface area (Å²) in [6.45, 7) is 3.44. The molecule has 3 aromatic rings. The van der Waals surface area contributed by atoms with Gasteiger partial charge in [0.2, 0.25) is 5.88 Å². The summed E-state index contributed by atoms with van der Waals surface area (Å²) in [5, 5.41) is 15.3. The van der Waals surface area contributed by atoms with Crippen LogP contribution in [-0.2, 0) is 13.5 Å². The van der Waals surface area contributed by atoms with Gasteiger partial charge in [-0.05, 0) is 48.7 Å². The second-order valence-corrected chi connectivity index (χ2v) is 7.36. The monoisotopic (exact) mass is 461 g/mol. The van der Waals surface area contributed by atoms with E-state index in [1.807, 2.05) is 6.92 Å². The second kappa shape index (κ2) is 9.76. The number of nitrogens with one attached hydrogen (secondary N) is 1. The number of carbonyl (C=O) groups is 2. The highest BCUT2D eigenvalue weighted by molar-refractivity contribution is 5.98. The van der Waals surface area contributed by atoms with Crippen LogP contribution in [0.1, 0.15) is 63.9 Å². The molecule has 33 heavy (non-hydrogen) atoms. The molecule has 1 heterocycles. The first kappa shape index (κ1) is 23.8. The summed E-state index contributed by atoms with van der Waals surface area (Å²) in [5.74, 6) is -2.74. The summed E-state index contributed by atoms with van der Waals surface area (Å²) >= 11 is 0. The first-order chi connectivity index (χ1) is 15.6. The minimum atomic E-state index is -3.06. The van der Waals surface area contributed by atoms with Crippen molar-refractivity contribution < 1.29 is 32.6 Å². The summed E-state index contributed by atoms with van der Waals surface area (Å²) in [4.78, 5) is 24.0. The van der Waals surface area contributed by atoms with E-state index >= 15 is 0 Å². The number of carboxylic acid groups (broad SMARTS) is 1. The third-order valence-electron chi connectivity index (χ3n) is 5.01. The van der Waals surface area contributed by atoms with Gasteiger partial charge in [-0.15, -0.1) is 0 Å². The molecule has 0 spiro atoms. The molecule has 0 saturated heterocycles. The lowest BCUT2D eigenvalue weighted by Crippen LogP contribution is -2.27. The Bertz CT molecular complexity index is 1180. The predicted octanol–water partition coefficient (Wildman–Crippen LogP) is 5.04. The quantitative estimate of drug-likeness (QED) is 0.490. The van der Waals surface area contributed by atoms with Crippen LogP contribution in [0, 0.1) is 5.82 Å². The van der Waals surface area contributed by atoms with Crippen molar-refractivity contribution >= 4 is 11.9 Å². The van der Waals surface area contributed by atoms with Crippen molar-refractivity contribution in [1.29, 1.82) is 0 Å². The largest absolute Gasteiger partial charge is 0.478 e. The molecule has 3 rings (SSSR count). The molecule has 0 aliphatic rings. The third kappa shape index (κ3) is 5.33. The van der Waals surface area contributed by atoms with Crippen molar-refractivity contribution in [3.05, 3.63) is 76.2 Å². The summed E-state index contributed by atoms with van der Waals surface area (Å²) in [5.41, 5.74) is 0.0258. The maximum Gasteiger partial charge on any atom is 0.335 e. The van der Waals surface area contributed by atoms with Crippen LogP contribution in [0.15, 0.2) is 42.5 Å². The molecular weight excluding hydrogens is 439 g/mol. The van der Waals surface area contributed by atoms with E-state index in [9.17, 15) is 22.8 Å². The average Bonchev–Trinajstić information content (AvgIpc) is 3.09. The number of alkyl halides is 2. The lowest BCUT2D eigenvalue weighted by Gasteiger charge is -2.16. The van der Waals surface area contributed by atoms with Crippen LogP contribution in [-0.4, -0.2) is 26.8 Å². The number of aromatic nitrogens is 2. The number of hydrogen-bond donors (Lipinski definition) is 2. The van der Waals surface area contributed by atoms with Crippen LogP contribution in [0.2, 0.25) is 0 Å². The van der Waals surface area contributed by atoms with Crippen LogP contribution < -0.4 is 10.1 Å². The summed E-state index contributed by atoms with van der Waals surface area (Å²) in [6, 6.07) is 9.10. The van der Waals surface area contributed by atoms with Crippen molar-refractivity contribution in [3.8, 4) is 11.6 Å². The topological polar surface area (TPSA) is 93.4 Å². The van der Waals surface area contributed by atoms with Crippen molar-refractivity contribution in [3.63, 3.8) is 0 Å². The second-order valence-electron chi connectivity index (χ2n) is 7.36. The zero-order chi connectivity index (χ0) is 24.3. The Morgan fingerprint density at radius 2 is 1.85 bits per heavy atom. The number of benzene rings is 2. The molecule has 7 nitrogen and oxygen atoms in total. The Kier molecular flexibility index (Phi) is 7.05. The normalized spacial score (nSPS) is 12.0. The van der Waals surface area contributed by atoms with Crippen LogP contribution in [0.4, 0.5) is 13.2 Å². The van der Waals surface area contributed by atoms with Gasteiger partial charge in [-0.3, -0.25) is 4.79 Å². The van der Waals surface area contributed by atoms with Gasteiger partial charge in [0.1, 0.15) is 22.8 Å². The number of carboxylic acids is 1. The lowest BCUT2D eigenvalue weighted by molar-refractivity contribution is 0.0696. The van der Waals surface area contributed by atoms with Gasteiger partial charge in [-0.2, -0.15) is 5.10 Å². The lowest BCUT2D eigenvalue weighted by atomic mass is 10.1. The van der Waals surface area contributed by atoms with Gasteiger partial charge in [0.15, 0.2) is 0 Å². The number of carbonyl (C=O) groups excluding carboxylic acids is 1. The van der Waals surface area contributed by atoms with Crippen LogP contribution in [0.3, 0.4) is 0 Å². The fourth-order valence-electron chi connectivity index (χ4n) is 3.27. The Balaban J connectivity index is 1.93. The number of aryl methyl sites for hydroxylation is 2. The zero-order valence-electron chi connectivity index (χ0n) is 18.1. The van der Waals surface area contributed by atoms with E-state index in [2.05, 4.69) is 10.4 Å². The highest BCUT2D eigenvalue weighted by atomic mass is 19.3. The maximum absolute atomic E-state index is 13.9. The van der Waals surface area contributed by atoms with Crippen LogP contribution in [0.25, 0.3) is 0 Å². The van der Waals surface area contributed by atoms with E-state index in [4.69, 9.17) is 9.84 Å². The van der Waals surface area contributed by atoms with E-state index in [1.165, 1.54) is 37.4 Å². The molecule has 0 radical (unpaired) electrons. The van der Waals surface area contributed by atoms with Gasteiger partial charge in [0.25, 0.3) is 12.3 Å². The van der Waals surface area contributed by atoms with Gasteiger partial charge in [-0.25, -0.2) is 22.6 Å². The Labute approximate surface area is 187 Å². The van der Waals surface area contributed by atoms with Crippen molar-refractivity contribution in [2.45, 2.75) is 32.7 Å². The number of aromatic carboxylic acids is 1. The first-order valence-electron chi connectivity index (χ1n) is 10.1. The Morgan fingerprint density at radius 1 is 1.18 bits per heavy atom. The van der Waals surface area contributed by atoms with Gasteiger partial charge < -0.3 is 15.2 Å². The van der Waals surface area contributed by atoms with Crippen molar-refractivity contribution in [1.82, 2.24) is 15.1 Å². The number of rotatable bonds is 8. The summed E-state index contributed by atoms with van der Waals surface area (Å²) in [6.07, 6.45) is -2.54. The van der Waals surface area contributed by atoms with Gasteiger partial charge in [0, 0.05) is 13.1 Å². The molecule has 10 heteroatoms. The standard InChI is InChI=1S/C23H22F3N3O4/c1-4-13-9-16(24)11-17(10-13)33-22-18(19(20(25)26)28-29(22)3)21(30)27-12(2)14-5-7-15(8-6-14)23(31)32/h5-12,20H,4H2,1-3H3,(H,27,30)(H,31,32)/t12-/m0/s1. The molecule has 0 aliphatic heterocycles. The van der Waals surface area contributed by atoms with E-state index < -0.39 is 41.4 Å². The molecule has 1 amide bonds. The summed E-state index contributed by atoms with van der Waals surface area (Å²) in [7, 11) is 1.34. The molecule has 0 fully saturated rings. The van der Waals surface area contributed by atoms with Gasteiger partial charge >= 0.3 is 5.97 Å². The highest BCUT2D eigenvalue weighted by Crippen LogP contribution is 2.33. The van der Waals surface area contributed by atoms with E-state index in [-0.39, 0.29) is 17.2 Å². The zero-order valence-corrected chi connectivity index (χ0v) is 18.1. The minimum absolute atomic E-state index is 0.0435. The fourth-order valence-corrected chi connectivity index (χ4v) is 3.27. The van der Waals surface area contributed by atoms with Crippen molar-refractivity contribution in [2.24, 2.45) is 7.05 Å². The fraction of sp³-hybridized carbons (Fsp3) is 0.261. The molecule has 174 valence electrons. The highest BCUT2D eigenvalue weighted by Gasteiger charge is 2.30. The number of halogens is 3. The minimum Gasteiger partial charge on any atom is -0.478 e. The molecular formula is C23H22F3N3O4. The molecule has 2 aromatic carbocycles. The van der Waals surface area contributed by atoms with Crippen molar-refractivity contribution in [2.75, 3.05) is 0 Å².